The van der Waals surface area contributed by atoms with Crippen molar-refractivity contribution in [2.75, 3.05) is 0 Å². The number of benzene rings is 1. The van der Waals surface area contributed by atoms with Crippen LogP contribution in [0.5, 0.6) is 0 Å². The molecule has 0 radical (unpaired) electrons. The maximum atomic E-state index is 9.94. The topological polar surface area (TPSA) is 20.2 Å². The molecule has 0 saturated carbocycles. The molecule has 0 bridgehead atoms. The van der Waals surface area contributed by atoms with Gasteiger partial charge in [-0.05, 0) is 48.8 Å². The highest BCUT2D eigenvalue weighted by Crippen LogP contribution is 2.25. The number of halogens is 1. The van der Waals surface area contributed by atoms with Gasteiger partial charge in [0.25, 0.3) is 0 Å². The van der Waals surface area contributed by atoms with Gasteiger partial charge >= 0.3 is 0 Å². The van der Waals surface area contributed by atoms with Crippen molar-refractivity contribution in [3.63, 3.8) is 0 Å². The van der Waals surface area contributed by atoms with Crippen LogP contribution in [0.3, 0.4) is 0 Å². The van der Waals surface area contributed by atoms with Crippen LogP contribution in [-0.4, -0.2) is 11.2 Å². The van der Waals surface area contributed by atoms with Gasteiger partial charge in [0.1, 0.15) is 0 Å². The van der Waals surface area contributed by atoms with Crippen molar-refractivity contribution in [1.29, 1.82) is 0 Å². The third-order valence-corrected chi connectivity index (χ3v) is 3.48. The molecular formula is C15H23ClO. The fraction of sp³-hybridized carbons (Fsp3) is 0.600. The predicted octanol–water partition coefficient (Wildman–Crippen LogP) is 4.38. The minimum absolute atomic E-state index is 0.0307. The van der Waals surface area contributed by atoms with Gasteiger partial charge in [-0.3, -0.25) is 0 Å². The molecule has 1 unspecified atom stereocenters. The SMILES string of the molecule is Cc1ccc(CCCC(O)C(C)(C)C)c(Cl)c1. The summed E-state index contributed by atoms with van der Waals surface area (Å²) >= 11 is 6.17. The van der Waals surface area contributed by atoms with Gasteiger partial charge in [-0.1, -0.05) is 44.5 Å². The van der Waals surface area contributed by atoms with Gasteiger partial charge in [0.05, 0.1) is 6.10 Å². The summed E-state index contributed by atoms with van der Waals surface area (Å²) in [5.41, 5.74) is 2.34. The van der Waals surface area contributed by atoms with E-state index in [0.29, 0.717) is 0 Å². The third kappa shape index (κ3) is 4.69. The molecule has 1 rings (SSSR count). The molecule has 1 nitrogen and oxygen atoms in total. The van der Waals surface area contributed by atoms with Crippen LogP contribution in [-0.2, 0) is 6.42 Å². The summed E-state index contributed by atoms with van der Waals surface area (Å²) in [4.78, 5) is 0. The Hall–Kier alpha value is -0.530. The summed E-state index contributed by atoms with van der Waals surface area (Å²) in [6.45, 7) is 8.24. The Kier molecular flexibility index (Phi) is 5.03. The van der Waals surface area contributed by atoms with Gasteiger partial charge in [-0.15, -0.1) is 0 Å². The molecule has 0 fully saturated rings. The lowest BCUT2D eigenvalue weighted by Gasteiger charge is -2.25. The van der Waals surface area contributed by atoms with Gasteiger partial charge in [0, 0.05) is 5.02 Å². The van der Waals surface area contributed by atoms with Crippen molar-refractivity contribution < 1.29 is 5.11 Å². The lowest BCUT2D eigenvalue weighted by Crippen LogP contribution is -2.25. The second-order valence-electron chi connectivity index (χ2n) is 5.87. The molecular weight excluding hydrogens is 232 g/mol. The van der Waals surface area contributed by atoms with Gasteiger partial charge in [-0.2, -0.15) is 0 Å². The largest absolute Gasteiger partial charge is 0.393 e. The first-order valence-corrected chi connectivity index (χ1v) is 6.61. The average molecular weight is 255 g/mol. The Labute approximate surface area is 110 Å². The Morgan fingerprint density at radius 1 is 1.29 bits per heavy atom. The van der Waals surface area contributed by atoms with Gasteiger partial charge < -0.3 is 5.11 Å². The summed E-state index contributed by atoms with van der Waals surface area (Å²) in [6.07, 6.45) is 2.49. The van der Waals surface area contributed by atoms with E-state index in [0.717, 1.165) is 24.3 Å². The zero-order valence-electron chi connectivity index (χ0n) is 11.3. The van der Waals surface area contributed by atoms with Crippen LogP contribution in [0.2, 0.25) is 5.02 Å². The van der Waals surface area contributed by atoms with Crippen LogP contribution in [0, 0.1) is 12.3 Å². The first-order chi connectivity index (χ1) is 7.80. The quantitative estimate of drug-likeness (QED) is 0.846. The monoisotopic (exact) mass is 254 g/mol. The van der Waals surface area contributed by atoms with Crippen molar-refractivity contribution >= 4 is 11.6 Å². The van der Waals surface area contributed by atoms with Crippen LogP contribution in [0.15, 0.2) is 18.2 Å². The molecule has 0 amide bonds. The summed E-state index contributed by atoms with van der Waals surface area (Å²) in [6, 6.07) is 6.17. The van der Waals surface area contributed by atoms with Gasteiger partial charge in [0.15, 0.2) is 0 Å². The molecule has 0 heterocycles. The smallest absolute Gasteiger partial charge is 0.0588 e. The number of rotatable bonds is 4. The second kappa shape index (κ2) is 5.88. The van der Waals surface area contributed by atoms with Crippen LogP contribution >= 0.6 is 11.6 Å². The molecule has 0 aliphatic rings. The van der Waals surface area contributed by atoms with Gasteiger partial charge in [0.2, 0.25) is 0 Å². The molecule has 0 aromatic heterocycles. The Balaban J connectivity index is 2.46. The van der Waals surface area contributed by atoms with Crippen molar-refractivity contribution in [1.82, 2.24) is 0 Å². The molecule has 2 heteroatoms. The lowest BCUT2D eigenvalue weighted by molar-refractivity contribution is 0.0540. The van der Waals surface area contributed by atoms with Crippen molar-refractivity contribution in [2.45, 2.75) is 53.1 Å². The molecule has 0 spiro atoms. The maximum Gasteiger partial charge on any atom is 0.0588 e. The average Bonchev–Trinajstić information content (AvgIpc) is 2.19. The highest BCUT2D eigenvalue weighted by Gasteiger charge is 2.21. The van der Waals surface area contributed by atoms with Crippen molar-refractivity contribution in [3.8, 4) is 0 Å². The molecule has 1 aromatic rings. The first-order valence-electron chi connectivity index (χ1n) is 6.24. The first kappa shape index (κ1) is 14.5. The fourth-order valence-corrected chi connectivity index (χ4v) is 2.10. The van der Waals surface area contributed by atoms with E-state index in [2.05, 4.69) is 32.9 Å². The van der Waals surface area contributed by atoms with E-state index in [1.165, 1.54) is 11.1 Å². The van der Waals surface area contributed by atoms with E-state index in [-0.39, 0.29) is 11.5 Å². The van der Waals surface area contributed by atoms with Crippen molar-refractivity contribution in [3.05, 3.63) is 34.3 Å². The predicted molar refractivity (Wildman–Crippen MR) is 74.6 cm³/mol. The van der Waals surface area contributed by atoms with Gasteiger partial charge in [-0.25, -0.2) is 0 Å². The summed E-state index contributed by atoms with van der Waals surface area (Å²) < 4.78 is 0. The minimum atomic E-state index is -0.244. The van der Waals surface area contributed by atoms with E-state index in [9.17, 15) is 5.11 Å². The molecule has 1 aromatic carbocycles. The number of aryl methyl sites for hydroxylation is 2. The van der Waals surface area contributed by atoms with Crippen LogP contribution in [0.4, 0.5) is 0 Å². The second-order valence-corrected chi connectivity index (χ2v) is 6.28. The van der Waals surface area contributed by atoms with Crippen LogP contribution < -0.4 is 0 Å². The zero-order valence-corrected chi connectivity index (χ0v) is 12.0. The highest BCUT2D eigenvalue weighted by atomic mass is 35.5. The van der Waals surface area contributed by atoms with E-state index in [4.69, 9.17) is 11.6 Å². The molecule has 96 valence electrons. The summed E-state index contributed by atoms with van der Waals surface area (Å²) in [5, 5.41) is 10.8. The number of aliphatic hydroxyl groups is 1. The maximum absolute atomic E-state index is 9.94. The summed E-state index contributed by atoms with van der Waals surface area (Å²) in [5.74, 6) is 0. The molecule has 0 aliphatic carbocycles. The number of hydrogen-bond acceptors (Lipinski definition) is 1. The number of hydrogen-bond donors (Lipinski definition) is 1. The number of aliphatic hydroxyl groups excluding tert-OH is 1. The van der Waals surface area contributed by atoms with E-state index in [1.54, 1.807) is 0 Å². The van der Waals surface area contributed by atoms with E-state index >= 15 is 0 Å². The third-order valence-electron chi connectivity index (χ3n) is 3.13. The zero-order chi connectivity index (χ0) is 13.1. The van der Waals surface area contributed by atoms with Crippen molar-refractivity contribution in [2.24, 2.45) is 5.41 Å². The molecule has 17 heavy (non-hydrogen) atoms. The summed E-state index contributed by atoms with van der Waals surface area (Å²) in [7, 11) is 0. The lowest BCUT2D eigenvalue weighted by atomic mass is 9.86. The Bertz CT molecular complexity index is 366. The fourth-order valence-electron chi connectivity index (χ4n) is 1.77. The minimum Gasteiger partial charge on any atom is -0.393 e. The van der Waals surface area contributed by atoms with Crippen LogP contribution in [0.1, 0.15) is 44.7 Å². The van der Waals surface area contributed by atoms with Crippen LogP contribution in [0.25, 0.3) is 0 Å². The normalized spacial score (nSPS) is 13.8. The Morgan fingerprint density at radius 3 is 2.47 bits per heavy atom. The standard InChI is InChI=1S/C15H23ClO/c1-11-8-9-12(13(16)10-11)6-5-7-14(17)15(2,3)4/h8-10,14,17H,5-7H2,1-4H3. The molecule has 1 atom stereocenters. The molecule has 0 saturated heterocycles. The Morgan fingerprint density at radius 2 is 1.94 bits per heavy atom. The molecule has 1 N–H and O–H groups in total. The molecule has 0 aliphatic heterocycles. The highest BCUT2D eigenvalue weighted by molar-refractivity contribution is 6.31. The van der Waals surface area contributed by atoms with E-state index in [1.807, 2.05) is 13.0 Å². The van der Waals surface area contributed by atoms with E-state index < -0.39 is 0 Å².